The van der Waals surface area contributed by atoms with Gasteiger partial charge < -0.3 is 15.4 Å². The molecule has 0 aromatic rings. The topological polar surface area (TPSA) is 50.4 Å². The van der Waals surface area contributed by atoms with E-state index in [1.54, 1.807) is 0 Å². The molecule has 1 saturated carbocycles. The van der Waals surface area contributed by atoms with Crippen molar-refractivity contribution in [1.82, 2.24) is 10.6 Å². The normalized spacial score (nSPS) is 17.6. The van der Waals surface area contributed by atoms with Crippen LogP contribution in [0.3, 0.4) is 0 Å². The molecule has 0 radical (unpaired) electrons. The van der Waals surface area contributed by atoms with Crippen LogP contribution in [0.2, 0.25) is 0 Å². The van der Waals surface area contributed by atoms with Gasteiger partial charge in [0.1, 0.15) is 5.60 Å². The second-order valence-electron chi connectivity index (χ2n) is 5.96. The molecule has 0 aromatic carbocycles. The molecule has 1 aliphatic carbocycles. The summed E-state index contributed by atoms with van der Waals surface area (Å²) >= 11 is 0. The van der Waals surface area contributed by atoms with Crippen molar-refractivity contribution < 1.29 is 9.53 Å². The maximum Gasteiger partial charge on any atom is 0.407 e. The number of ether oxygens (including phenoxy) is 1. The number of hydrogen-bond donors (Lipinski definition) is 2. The van der Waals surface area contributed by atoms with Crippen molar-refractivity contribution in [3.05, 3.63) is 0 Å². The molecule has 1 rings (SSSR count). The molecule has 1 aliphatic rings. The lowest BCUT2D eigenvalue weighted by Gasteiger charge is -2.20. The molecule has 0 spiro atoms. The first-order chi connectivity index (χ1) is 7.87. The summed E-state index contributed by atoms with van der Waals surface area (Å²) in [6.07, 6.45) is 3.70. The van der Waals surface area contributed by atoms with E-state index in [-0.39, 0.29) is 6.09 Å². The molecule has 1 atom stereocenters. The lowest BCUT2D eigenvalue weighted by atomic mass is 10.1. The highest BCUT2D eigenvalue weighted by molar-refractivity contribution is 5.67. The van der Waals surface area contributed by atoms with E-state index in [1.165, 1.54) is 19.3 Å². The van der Waals surface area contributed by atoms with E-state index in [4.69, 9.17) is 4.74 Å². The molecular formula is C13H26N2O2. The third-order valence-corrected chi connectivity index (χ3v) is 2.67. The van der Waals surface area contributed by atoms with E-state index in [2.05, 4.69) is 17.6 Å². The van der Waals surface area contributed by atoms with Gasteiger partial charge in [-0.05, 0) is 40.0 Å². The highest BCUT2D eigenvalue weighted by atomic mass is 16.6. The van der Waals surface area contributed by atoms with Gasteiger partial charge in [0.2, 0.25) is 0 Å². The Morgan fingerprint density at radius 2 is 2.00 bits per heavy atom. The lowest BCUT2D eigenvalue weighted by molar-refractivity contribution is 0.0528. The highest BCUT2D eigenvalue weighted by Gasteiger charge is 2.23. The molecule has 2 N–H and O–H groups in total. The first kappa shape index (κ1) is 14.3. The summed E-state index contributed by atoms with van der Waals surface area (Å²) in [6, 6.07) is 0.544. The Balaban J connectivity index is 1.97. The van der Waals surface area contributed by atoms with Gasteiger partial charge in [-0.2, -0.15) is 0 Å². The first-order valence-electron chi connectivity index (χ1n) is 6.57. The summed E-state index contributed by atoms with van der Waals surface area (Å²) in [5.74, 6) is 0.941. The zero-order chi connectivity index (χ0) is 12.9. The summed E-state index contributed by atoms with van der Waals surface area (Å²) < 4.78 is 5.14. The van der Waals surface area contributed by atoms with Crippen LogP contribution in [0, 0.1) is 5.92 Å². The average molecular weight is 242 g/mol. The molecule has 0 saturated heterocycles. The molecular weight excluding hydrogens is 216 g/mol. The Hall–Kier alpha value is -0.770. The van der Waals surface area contributed by atoms with Crippen LogP contribution in [-0.2, 0) is 4.74 Å². The van der Waals surface area contributed by atoms with E-state index >= 15 is 0 Å². The monoisotopic (exact) mass is 242 g/mol. The molecule has 1 amide bonds. The van der Waals surface area contributed by atoms with Crippen LogP contribution in [0.4, 0.5) is 4.79 Å². The highest BCUT2D eigenvalue weighted by Crippen LogP contribution is 2.33. The minimum absolute atomic E-state index is 0.339. The third-order valence-electron chi connectivity index (χ3n) is 2.67. The lowest BCUT2D eigenvalue weighted by Crippen LogP contribution is -2.38. The largest absolute Gasteiger partial charge is 0.444 e. The third kappa shape index (κ3) is 8.02. The van der Waals surface area contributed by atoms with Crippen LogP contribution in [0.5, 0.6) is 0 Å². The fraction of sp³-hybridized carbons (Fsp3) is 0.923. The second kappa shape index (κ2) is 6.24. The van der Waals surface area contributed by atoms with Crippen LogP contribution in [-0.4, -0.2) is 30.8 Å². The number of rotatable bonds is 6. The average Bonchev–Trinajstić information content (AvgIpc) is 2.93. The molecule has 1 unspecified atom stereocenters. The van der Waals surface area contributed by atoms with Crippen LogP contribution < -0.4 is 10.6 Å². The van der Waals surface area contributed by atoms with Crippen molar-refractivity contribution in [2.75, 3.05) is 13.1 Å². The van der Waals surface area contributed by atoms with Gasteiger partial charge in [-0.25, -0.2) is 4.79 Å². The van der Waals surface area contributed by atoms with Gasteiger partial charge in [-0.15, -0.1) is 0 Å². The zero-order valence-corrected chi connectivity index (χ0v) is 11.5. The van der Waals surface area contributed by atoms with Crippen molar-refractivity contribution in [2.24, 2.45) is 5.92 Å². The van der Waals surface area contributed by atoms with E-state index in [0.717, 1.165) is 12.5 Å². The molecule has 100 valence electrons. The molecule has 0 aromatic heterocycles. The number of carbonyl (C=O) groups excluding carboxylic acids is 1. The van der Waals surface area contributed by atoms with E-state index < -0.39 is 5.60 Å². The standard InChI is InChI=1S/C13H26N2O2/c1-10(9-11-5-6-11)14-7-8-15-12(16)17-13(2,3)4/h10-11,14H,5-9H2,1-4H3,(H,15,16). The van der Waals surface area contributed by atoms with Gasteiger partial charge in [0, 0.05) is 19.1 Å². The summed E-state index contributed by atoms with van der Waals surface area (Å²) in [5, 5.41) is 6.14. The summed E-state index contributed by atoms with van der Waals surface area (Å²) in [4.78, 5) is 11.3. The second-order valence-corrected chi connectivity index (χ2v) is 5.96. The van der Waals surface area contributed by atoms with Crippen molar-refractivity contribution in [3.63, 3.8) is 0 Å². The van der Waals surface area contributed by atoms with Gasteiger partial charge in [0.05, 0.1) is 0 Å². The predicted molar refractivity (Wildman–Crippen MR) is 69.0 cm³/mol. The Morgan fingerprint density at radius 1 is 1.35 bits per heavy atom. The van der Waals surface area contributed by atoms with Gasteiger partial charge >= 0.3 is 6.09 Å². The molecule has 17 heavy (non-hydrogen) atoms. The number of alkyl carbamates (subject to hydrolysis) is 1. The number of carbonyl (C=O) groups is 1. The fourth-order valence-corrected chi connectivity index (χ4v) is 1.73. The number of hydrogen-bond acceptors (Lipinski definition) is 3. The van der Waals surface area contributed by atoms with Crippen molar-refractivity contribution >= 4 is 6.09 Å². The Morgan fingerprint density at radius 3 is 2.53 bits per heavy atom. The zero-order valence-electron chi connectivity index (χ0n) is 11.5. The fourth-order valence-electron chi connectivity index (χ4n) is 1.73. The van der Waals surface area contributed by atoms with Crippen molar-refractivity contribution in [2.45, 2.75) is 58.6 Å². The van der Waals surface area contributed by atoms with Crippen LogP contribution in [0.25, 0.3) is 0 Å². The quantitative estimate of drug-likeness (QED) is 0.703. The minimum Gasteiger partial charge on any atom is -0.444 e. The van der Waals surface area contributed by atoms with Gasteiger partial charge in [0.25, 0.3) is 0 Å². The number of nitrogens with one attached hydrogen (secondary N) is 2. The molecule has 0 aliphatic heterocycles. The summed E-state index contributed by atoms with van der Waals surface area (Å²) in [7, 11) is 0. The van der Waals surface area contributed by atoms with E-state index in [1.807, 2.05) is 20.8 Å². The first-order valence-corrected chi connectivity index (χ1v) is 6.57. The Labute approximate surface area is 104 Å². The summed E-state index contributed by atoms with van der Waals surface area (Å²) in [5.41, 5.74) is -0.420. The summed E-state index contributed by atoms with van der Waals surface area (Å²) in [6.45, 7) is 9.20. The van der Waals surface area contributed by atoms with Crippen molar-refractivity contribution in [3.8, 4) is 0 Å². The smallest absolute Gasteiger partial charge is 0.407 e. The maximum atomic E-state index is 11.3. The van der Waals surface area contributed by atoms with Gasteiger partial charge in [-0.3, -0.25) is 0 Å². The Kier molecular flexibility index (Phi) is 5.25. The minimum atomic E-state index is -0.420. The maximum absolute atomic E-state index is 11.3. The molecule has 0 heterocycles. The van der Waals surface area contributed by atoms with Crippen LogP contribution in [0.15, 0.2) is 0 Å². The van der Waals surface area contributed by atoms with E-state index in [0.29, 0.717) is 12.6 Å². The van der Waals surface area contributed by atoms with Crippen LogP contribution in [0.1, 0.15) is 47.0 Å². The predicted octanol–water partition coefficient (Wildman–Crippen LogP) is 2.29. The van der Waals surface area contributed by atoms with Crippen LogP contribution >= 0.6 is 0 Å². The molecule has 0 bridgehead atoms. The van der Waals surface area contributed by atoms with Gasteiger partial charge in [-0.1, -0.05) is 12.8 Å². The number of amides is 1. The van der Waals surface area contributed by atoms with Crippen molar-refractivity contribution in [1.29, 1.82) is 0 Å². The Bertz CT molecular complexity index is 244. The SMILES string of the molecule is CC(CC1CC1)NCCNC(=O)OC(C)(C)C. The molecule has 1 fully saturated rings. The van der Waals surface area contributed by atoms with E-state index in [9.17, 15) is 4.79 Å². The molecule has 4 nitrogen and oxygen atoms in total. The molecule has 4 heteroatoms. The van der Waals surface area contributed by atoms with Gasteiger partial charge in [0.15, 0.2) is 0 Å².